The summed E-state index contributed by atoms with van der Waals surface area (Å²) < 4.78 is 0. The molecule has 2 unspecified atom stereocenters. The van der Waals surface area contributed by atoms with E-state index in [-0.39, 0.29) is 5.41 Å². The zero-order valence-corrected chi connectivity index (χ0v) is 9.65. The second-order valence-corrected chi connectivity index (χ2v) is 4.77. The molecule has 0 fully saturated rings. The first-order valence-electron chi connectivity index (χ1n) is 4.71. The van der Waals surface area contributed by atoms with Gasteiger partial charge in [-0.2, -0.15) is 5.26 Å². The van der Waals surface area contributed by atoms with Gasteiger partial charge in [-0.15, -0.1) is 0 Å². The van der Waals surface area contributed by atoms with Crippen molar-refractivity contribution >= 4 is 0 Å². The van der Waals surface area contributed by atoms with Gasteiger partial charge in [-0.3, -0.25) is 0 Å². The number of nitrogens with zero attached hydrogens (tertiary/aromatic N) is 2. The van der Waals surface area contributed by atoms with E-state index in [9.17, 15) is 5.11 Å². The fourth-order valence-electron chi connectivity index (χ4n) is 1.02. The zero-order valence-electron chi connectivity index (χ0n) is 9.65. The average Bonchev–Trinajstić information content (AvgIpc) is 2.03. The van der Waals surface area contributed by atoms with Crippen LogP contribution < -0.4 is 0 Å². The molecule has 0 aromatic carbocycles. The number of rotatable bonds is 3. The Bertz CT molecular complexity index is 233. The second kappa shape index (κ2) is 5.02. The molecule has 0 aromatic heterocycles. The van der Waals surface area contributed by atoms with Crippen molar-refractivity contribution in [1.82, 2.24) is 4.90 Å². The van der Waals surface area contributed by atoms with Gasteiger partial charge in [0.2, 0.25) is 0 Å². The standard InChI is InChI=1S/C11H20N2O/c1-11(2,3)10(14)9(8-12)6-7-13(4)5/h6-7,9-10,14H,1-5H3/b7-6+. The molecule has 2 atom stereocenters. The van der Waals surface area contributed by atoms with Gasteiger partial charge in [-0.05, 0) is 17.7 Å². The summed E-state index contributed by atoms with van der Waals surface area (Å²) in [4.78, 5) is 1.85. The van der Waals surface area contributed by atoms with Gasteiger partial charge in [-0.25, -0.2) is 0 Å². The molecule has 0 spiro atoms. The lowest BCUT2D eigenvalue weighted by Crippen LogP contribution is -2.32. The highest BCUT2D eigenvalue weighted by atomic mass is 16.3. The highest BCUT2D eigenvalue weighted by Gasteiger charge is 2.28. The lowest BCUT2D eigenvalue weighted by atomic mass is 9.82. The maximum Gasteiger partial charge on any atom is 0.0924 e. The number of hydrogen-bond donors (Lipinski definition) is 1. The first-order chi connectivity index (χ1) is 6.29. The lowest BCUT2D eigenvalue weighted by Gasteiger charge is -2.28. The molecule has 0 saturated carbocycles. The Hall–Kier alpha value is -1.01. The third kappa shape index (κ3) is 4.29. The molecule has 1 N–H and O–H groups in total. The molecule has 0 amide bonds. The molecule has 0 aliphatic carbocycles. The van der Waals surface area contributed by atoms with Gasteiger partial charge in [0.1, 0.15) is 0 Å². The minimum absolute atomic E-state index is 0.267. The van der Waals surface area contributed by atoms with Crippen molar-refractivity contribution in [3.8, 4) is 6.07 Å². The molecule has 3 heteroatoms. The molecule has 14 heavy (non-hydrogen) atoms. The highest BCUT2D eigenvalue weighted by molar-refractivity contribution is 5.05. The summed E-state index contributed by atoms with van der Waals surface area (Å²) >= 11 is 0. The molecule has 0 heterocycles. The Kier molecular flexibility index (Phi) is 4.65. The van der Waals surface area contributed by atoms with E-state index >= 15 is 0 Å². The predicted octanol–water partition coefficient (Wildman–Crippen LogP) is 1.61. The molecule has 0 saturated heterocycles. The van der Waals surface area contributed by atoms with Gasteiger partial charge >= 0.3 is 0 Å². The largest absolute Gasteiger partial charge is 0.391 e. The molecule has 0 rings (SSSR count). The van der Waals surface area contributed by atoms with E-state index in [4.69, 9.17) is 5.26 Å². The van der Waals surface area contributed by atoms with Crippen molar-refractivity contribution < 1.29 is 5.11 Å². The summed E-state index contributed by atoms with van der Waals surface area (Å²) in [6, 6.07) is 2.10. The van der Waals surface area contributed by atoms with E-state index in [0.29, 0.717) is 0 Å². The second-order valence-electron chi connectivity index (χ2n) is 4.77. The minimum Gasteiger partial charge on any atom is -0.391 e. The average molecular weight is 196 g/mol. The summed E-state index contributed by atoms with van der Waals surface area (Å²) in [5.74, 6) is -0.447. The van der Waals surface area contributed by atoms with Gasteiger partial charge in [0, 0.05) is 14.1 Å². The third-order valence-corrected chi connectivity index (χ3v) is 1.97. The van der Waals surface area contributed by atoms with Crippen LogP contribution in [-0.4, -0.2) is 30.2 Å². The van der Waals surface area contributed by atoms with Gasteiger partial charge < -0.3 is 10.0 Å². The van der Waals surface area contributed by atoms with E-state index < -0.39 is 12.0 Å². The quantitative estimate of drug-likeness (QED) is 0.746. The van der Waals surface area contributed by atoms with Crippen LogP contribution in [0.5, 0.6) is 0 Å². The Morgan fingerprint density at radius 2 is 1.86 bits per heavy atom. The lowest BCUT2D eigenvalue weighted by molar-refractivity contribution is 0.0440. The van der Waals surface area contributed by atoms with Crippen molar-refractivity contribution in [2.45, 2.75) is 26.9 Å². The zero-order chi connectivity index (χ0) is 11.4. The highest BCUT2D eigenvalue weighted by Crippen LogP contribution is 2.25. The number of aliphatic hydroxyl groups excluding tert-OH is 1. The van der Waals surface area contributed by atoms with E-state index in [1.165, 1.54) is 0 Å². The van der Waals surface area contributed by atoms with E-state index in [0.717, 1.165) is 0 Å². The molecule has 0 radical (unpaired) electrons. The summed E-state index contributed by atoms with van der Waals surface area (Å²) in [5, 5.41) is 18.8. The van der Waals surface area contributed by atoms with Gasteiger partial charge in [0.05, 0.1) is 18.1 Å². The van der Waals surface area contributed by atoms with Crippen LogP contribution in [0.25, 0.3) is 0 Å². The maximum atomic E-state index is 9.87. The van der Waals surface area contributed by atoms with Gasteiger partial charge in [0.25, 0.3) is 0 Å². The monoisotopic (exact) mass is 196 g/mol. The van der Waals surface area contributed by atoms with Crippen LogP contribution in [0.2, 0.25) is 0 Å². The molecule has 80 valence electrons. The maximum absolute atomic E-state index is 9.87. The first-order valence-corrected chi connectivity index (χ1v) is 4.71. The number of aliphatic hydroxyl groups is 1. The fraction of sp³-hybridized carbons (Fsp3) is 0.727. The van der Waals surface area contributed by atoms with Crippen molar-refractivity contribution in [2.24, 2.45) is 11.3 Å². The van der Waals surface area contributed by atoms with Crippen LogP contribution in [-0.2, 0) is 0 Å². The third-order valence-electron chi connectivity index (χ3n) is 1.97. The van der Waals surface area contributed by atoms with Crippen LogP contribution in [0.15, 0.2) is 12.3 Å². The fourth-order valence-corrected chi connectivity index (χ4v) is 1.02. The van der Waals surface area contributed by atoms with Crippen molar-refractivity contribution in [2.75, 3.05) is 14.1 Å². The normalized spacial score (nSPS) is 16.4. The summed E-state index contributed by atoms with van der Waals surface area (Å²) in [6.45, 7) is 5.77. The number of nitriles is 1. The molecule has 0 aliphatic heterocycles. The van der Waals surface area contributed by atoms with Crippen LogP contribution in [0.3, 0.4) is 0 Å². The minimum atomic E-state index is -0.635. The van der Waals surface area contributed by atoms with E-state index in [1.54, 1.807) is 12.3 Å². The van der Waals surface area contributed by atoms with Gasteiger partial charge in [0.15, 0.2) is 0 Å². The smallest absolute Gasteiger partial charge is 0.0924 e. The Balaban J connectivity index is 4.52. The molecule has 0 aromatic rings. The van der Waals surface area contributed by atoms with Crippen molar-refractivity contribution in [1.29, 1.82) is 5.26 Å². The molecular weight excluding hydrogens is 176 g/mol. The Morgan fingerprint density at radius 1 is 1.36 bits per heavy atom. The molecule has 0 bridgehead atoms. The summed E-state index contributed by atoms with van der Waals surface area (Å²) in [5.41, 5.74) is -0.267. The first kappa shape index (κ1) is 13.0. The SMILES string of the molecule is CN(C)/C=C/C(C#N)C(O)C(C)(C)C. The van der Waals surface area contributed by atoms with Crippen molar-refractivity contribution in [3.63, 3.8) is 0 Å². The Morgan fingerprint density at radius 3 is 2.14 bits per heavy atom. The van der Waals surface area contributed by atoms with E-state index in [1.807, 2.05) is 39.8 Å². The van der Waals surface area contributed by atoms with Crippen LogP contribution in [0, 0.1) is 22.7 Å². The molecular formula is C11H20N2O. The molecule has 3 nitrogen and oxygen atoms in total. The van der Waals surface area contributed by atoms with Gasteiger partial charge in [-0.1, -0.05) is 20.8 Å². The van der Waals surface area contributed by atoms with Crippen LogP contribution in [0.4, 0.5) is 0 Å². The van der Waals surface area contributed by atoms with Crippen molar-refractivity contribution in [3.05, 3.63) is 12.3 Å². The van der Waals surface area contributed by atoms with E-state index in [2.05, 4.69) is 6.07 Å². The molecule has 0 aliphatic rings. The Labute approximate surface area is 86.6 Å². The summed E-state index contributed by atoms with van der Waals surface area (Å²) in [7, 11) is 3.77. The topological polar surface area (TPSA) is 47.3 Å². The number of hydrogen-bond acceptors (Lipinski definition) is 3. The van der Waals surface area contributed by atoms with Crippen LogP contribution in [0.1, 0.15) is 20.8 Å². The summed E-state index contributed by atoms with van der Waals surface area (Å²) in [6.07, 6.45) is 2.89. The predicted molar refractivity (Wildman–Crippen MR) is 57.4 cm³/mol. The van der Waals surface area contributed by atoms with Crippen LogP contribution >= 0.6 is 0 Å².